The van der Waals surface area contributed by atoms with Crippen LogP contribution in [0.4, 0.5) is 5.82 Å². The smallest absolute Gasteiger partial charge is 0.338 e. The molecule has 1 saturated carbocycles. The van der Waals surface area contributed by atoms with E-state index in [1.165, 1.54) is 26.4 Å². The van der Waals surface area contributed by atoms with Crippen molar-refractivity contribution in [1.29, 1.82) is 0 Å². The van der Waals surface area contributed by atoms with Crippen LogP contribution in [-0.4, -0.2) is 37.2 Å². The Hall–Kier alpha value is -1.62. The average Bonchev–Trinajstić information content (AvgIpc) is 2.55. The van der Waals surface area contributed by atoms with Gasteiger partial charge in [-0.15, -0.1) is 0 Å². The zero-order valence-corrected chi connectivity index (χ0v) is 12.9. The van der Waals surface area contributed by atoms with Gasteiger partial charge in [-0.05, 0) is 44.4 Å². The van der Waals surface area contributed by atoms with Gasteiger partial charge in [-0.2, -0.15) is 0 Å². The van der Waals surface area contributed by atoms with Crippen LogP contribution in [0.1, 0.15) is 43.0 Å². The Morgan fingerprint density at radius 2 is 2.24 bits per heavy atom. The van der Waals surface area contributed by atoms with E-state index in [2.05, 4.69) is 16.8 Å². The Morgan fingerprint density at radius 1 is 1.48 bits per heavy atom. The van der Waals surface area contributed by atoms with Gasteiger partial charge in [-0.3, -0.25) is 0 Å². The summed E-state index contributed by atoms with van der Waals surface area (Å²) in [6.45, 7) is 3.69. The van der Waals surface area contributed by atoms with E-state index in [0.717, 1.165) is 18.8 Å². The monoisotopic (exact) mass is 291 g/mol. The molecule has 2 unspecified atom stereocenters. The molecule has 0 saturated heterocycles. The van der Waals surface area contributed by atoms with E-state index in [9.17, 15) is 4.79 Å². The number of hydrogen-bond donors (Lipinski definition) is 1. The summed E-state index contributed by atoms with van der Waals surface area (Å²) in [4.78, 5) is 18.4. The van der Waals surface area contributed by atoms with Crippen LogP contribution in [0.25, 0.3) is 0 Å². The van der Waals surface area contributed by atoms with Crippen molar-refractivity contribution in [2.45, 2.75) is 38.6 Å². The molecule has 1 aromatic rings. The van der Waals surface area contributed by atoms with E-state index in [-0.39, 0.29) is 5.97 Å². The largest absolute Gasteiger partial charge is 0.465 e. The van der Waals surface area contributed by atoms with Crippen LogP contribution in [0, 0.1) is 5.92 Å². The van der Waals surface area contributed by atoms with Crippen LogP contribution in [0.15, 0.2) is 18.3 Å². The minimum atomic E-state index is -0.325. The van der Waals surface area contributed by atoms with Crippen molar-refractivity contribution in [3.05, 3.63) is 23.9 Å². The molecule has 0 aromatic carbocycles. The second-order valence-electron chi connectivity index (χ2n) is 5.53. The van der Waals surface area contributed by atoms with Gasteiger partial charge in [0.15, 0.2) is 0 Å². The molecule has 5 nitrogen and oxygen atoms in total. The quantitative estimate of drug-likeness (QED) is 0.842. The highest BCUT2D eigenvalue weighted by Crippen LogP contribution is 2.30. The van der Waals surface area contributed by atoms with Gasteiger partial charge in [0.05, 0.1) is 12.7 Å². The molecule has 2 rings (SSSR count). The summed E-state index contributed by atoms with van der Waals surface area (Å²) in [5.41, 5.74) is 6.49. The third-order valence-electron chi connectivity index (χ3n) is 4.37. The minimum Gasteiger partial charge on any atom is -0.465 e. The van der Waals surface area contributed by atoms with E-state index < -0.39 is 0 Å². The number of methoxy groups -OCH3 is 1. The predicted octanol–water partition coefficient (Wildman–Crippen LogP) is 2.21. The molecule has 116 valence electrons. The third-order valence-corrected chi connectivity index (χ3v) is 4.37. The number of nitrogens with two attached hydrogens (primary N) is 1. The van der Waals surface area contributed by atoms with E-state index in [0.29, 0.717) is 24.1 Å². The first-order chi connectivity index (χ1) is 10.2. The maximum Gasteiger partial charge on any atom is 0.338 e. The summed E-state index contributed by atoms with van der Waals surface area (Å²) >= 11 is 0. The molecule has 0 spiro atoms. The van der Waals surface area contributed by atoms with E-state index >= 15 is 0 Å². The highest BCUT2D eigenvalue weighted by Gasteiger charge is 2.29. The first-order valence-electron chi connectivity index (χ1n) is 7.72. The van der Waals surface area contributed by atoms with Crippen molar-refractivity contribution in [2.24, 2.45) is 11.7 Å². The number of hydrogen-bond acceptors (Lipinski definition) is 5. The van der Waals surface area contributed by atoms with Gasteiger partial charge in [0.1, 0.15) is 5.82 Å². The fourth-order valence-electron chi connectivity index (χ4n) is 3.26. The van der Waals surface area contributed by atoms with Crippen LogP contribution >= 0.6 is 0 Å². The normalized spacial score (nSPS) is 21.9. The van der Waals surface area contributed by atoms with E-state index in [1.54, 1.807) is 12.3 Å². The lowest BCUT2D eigenvalue weighted by molar-refractivity contribution is 0.0600. The lowest BCUT2D eigenvalue weighted by atomic mass is 9.83. The Labute approximate surface area is 126 Å². The Bertz CT molecular complexity index is 478. The highest BCUT2D eigenvalue weighted by atomic mass is 16.5. The number of aromatic nitrogens is 1. The number of anilines is 1. The predicted molar refractivity (Wildman–Crippen MR) is 83.4 cm³/mol. The van der Waals surface area contributed by atoms with Gasteiger partial charge in [0.25, 0.3) is 0 Å². The van der Waals surface area contributed by atoms with Crippen molar-refractivity contribution in [3.8, 4) is 0 Å². The van der Waals surface area contributed by atoms with Crippen LogP contribution in [-0.2, 0) is 4.74 Å². The molecule has 1 fully saturated rings. The number of carbonyl (C=O) groups is 1. The van der Waals surface area contributed by atoms with Gasteiger partial charge in [0.2, 0.25) is 0 Å². The lowest BCUT2D eigenvalue weighted by Crippen LogP contribution is -2.45. The Kier molecular flexibility index (Phi) is 5.56. The highest BCUT2D eigenvalue weighted by molar-refractivity contribution is 5.90. The molecule has 1 aliphatic carbocycles. The fourth-order valence-corrected chi connectivity index (χ4v) is 3.26. The van der Waals surface area contributed by atoms with Crippen LogP contribution in [0.3, 0.4) is 0 Å². The molecule has 1 aliphatic rings. The second kappa shape index (κ2) is 7.41. The molecule has 0 bridgehead atoms. The lowest BCUT2D eigenvalue weighted by Gasteiger charge is -2.40. The summed E-state index contributed by atoms with van der Waals surface area (Å²) in [6.07, 6.45) is 6.47. The van der Waals surface area contributed by atoms with Gasteiger partial charge >= 0.3 is 5.97 Å². The topological polar surface area (TPSA) is 68.5 Å². The number of esters is 1. The minimum absolute atomic E-state index is 0.325. The molecular formula is C16H25N3O2. The fraction of sp³-hybridized carbons (Fsp3) is 0.625. The first-order valence-corrected chi connectivity index (χ1v) is 7.72. The van der Waals surface area contributed by atoms with E-state index in [1.807, 2.05) is 6.07 Å². The summed E-state index contributed by atoms with van der Waals surface area (Å²) in [7, 11) is 1.39. The number of pyridine rings is 1. The number of ether oxygens (including phenoxy) is 1. The molecular weight excluding hydrogens is 266 g/mol. The molecule has 2 N–H and O–H groups in total. The SMILES string of the molecule is CCN(c1cc(C(=O)OC)ccn1)C1CCCCC1CN. The Morgan fingerprint density at radius 3 is 2.90 bits per heavy atom. The van der Waals surface area contributed by atoms with Gasteiger partial charge in [0, 0.05) is 18.8 Å². The molecule has 0 amide bonds. The molecule has 5 heteroatoms. The number of carbonyl (C=O) groups excluding carboxylic acids is 1. The maximum atomic E-state index is 11.7. The molecule has 2 atom stereocenters. The average molecular weight is 291 g/mol. The standard InChI is InChI=1S/C16H25N3O2/c1-3-19(14-7-5-4-6-13(14)11-17)15-10-12(8-9-18-15)16(20)21-2/h8-10,13-14H,3-7,11,17H2,1-2H3. The summed E-state index contributed by atoms with van der Waals surface area (Å²) in [6, 6.07) is 3.91. The zero-order valence-electron chi connectivity index (χ0n) is 12.9. The molecule has 21 heavy (non-hydrogen) atoms. The number of rotatable bonds is 5. The van der Waals surface area contributed by atoms with Crippen molar-refractivity contribution >= 4 is 11.8 Å². The molecule has 1 aromatic heterocycles. The van der Waals surface area contributed by atoms with Crippen LogP contribution in [0.2, 0.25) is 0 Å². The van der Waals surface area contributed by atoms with Crippen LogP contribution in [0.5, 0.6) is 0 Å². The van der Waals surface area contributed by atoms with Crippen molar-refractivity contribution in [2.75, 3.05) is 25.1 Å². The molecule has 0 aliphatic heterocycles. The first kappa shape index (κ1) is 15.8. The van der Waals surface area contributed by atoms with Crippen LogP contribution < -0.4 is 10.6 Å². The number of nitrogens with zero attached hydrogens (tertiary/aromatic N) is 2. The molecule has 0 radical (unpaired) electrons. The zero-order chi connectivity index (χ0) is 15.2. The molecule has 1 heterocycles. The third kappa shape index (κ3) is 3.53. The maximum absolute atomic E-state index is 11.7. The summed E-state index contributed by atoms with van der Waals surface area (Å²) in [5.74, 6) is 1.02. The summed E-state index contributed by atoms with van der Waals surface area (Å²) < 4.78 is 4.79. The Balaban J connectivity index is 2.25. The summed E-state index contributed by atoms with van der Waals surface area (Å²) in [5, 5.41) is 0. The van der Waals surface area contributed by atoms with E-state index in [4.69, 9.17) is 10.5 Å². The van der Waals surface area contributed by atoms with Gasteiger partial charge in [-0.1, -0.05) is 12.8 Å². The van der Waals surface area contributed by atoms with Crippen molar-refractivity contribution in [1.82, 2.24) is 4.98 Å². The van der Waals surface area contributed by atoms with Crippen molar-refractivity contribution < 1.29 is 9.53 Å². The van der Waals surface area contributed by atoms with Gasteiger partial charge < -0.3 is 15.4 Å². The van der Waals surface area contributed by atoms with Crippen molar-refractivity contribution in [3.63, 3.8) is 0 Å². The van der Waals surface area contributed by atoms with Gasteiger partial charge in [-0.25, -0.2) is 9.78 Å². The second-order valence-corrected chi connectivity index (χ2v) is 5.53.